The van der Waals surface area contributed by atoms with Gasteiger partial charge in [-0.15, -0.1) is 10.1 Å². The van der Waals surface area contributed by atoms with Gasteiger partial charge in [-0.1, -0.05) is 18.2 Å². The van der Waals surface area contributed by atoms with Crippen LogP contribution in [0.3, 0.4) is 0 Å². The largest absolute Gasteiger partial charge is 0.497 e. The van der Waals surface area contributed by atoms with Crippen LogP contribution in [0.4, 0.5) is 5.69 Å². The topological polar surface area (TPSA) is 105 Å². The van der Waals surface area contributed by atoms with Crippen LogP contribution in [0.1, 0.15) is 23.5 Å². The summed E-state index contributed by atoms with van der Waals surface area (Å²) in [6.07, 6.45) is -0.0382. The highest BCUT2D eigenvalue weighted by Gasteiger charge is 2.37. The highest BCUT2D eigenvalue weighted by molar-refractivity contribution is 5.61. The van der Waals surface area contributed by atoms with Crippen LogP contribution in [0, 0.1) is 10.1 Å². The fourth-order valence-corrected chi connectivity index (χ4v) is 4.74. The zero-order chi connectivity index (χ0) is 24.6. The van der Waals surface area contributed by atoms with Crippen LogP contribution >= 0.6 is 0 Å². The molecule has 2 aromatic rings. The van der Waals surface area contributed by atoms with E-state index in [0.29, 0.717) is 32.9 Å². The molecule has 0 amide bonds. The van der Waals surface area contributed by atoms with Crippen LogP contribution in [0.2, 0.25) is 0 Å². The van der Waals surface area contributed by atoms with Crippen molar-refractivity contribution in [2.45, 2.75) is 31.2 Å². The highest BCUT2D eigenvalue weighted by atomic mass is 17.0. The van der Waals surface area contributed by atoms with E-state index in [4.69, 9.17) is 23.8 Å². The summed E-state index contributed by atoms with van der Waals surface area (Å²) in [6.45, 7) is 4.38. The van der Waals surface area contributed by atoms with Gasteiger partial charge >= 0.3 is 0 Å². The first kappa shape index (κ1) is 25.0. The third-order valence-corrected chi connectivity index (χ3v) is 6.44. The van der Waals surface area contributed by atoms with Crippen LogP contribution in [0.15, 0.2) is 42.5 Å². The Kier molecular flexibility index (Phi) is 8.62. The molecule has 3 atom stereocenters. The highest BCUT2D eigenvalue weighted by Crippen LogP contribution is 2.35. The molecule has 0 unspecified atom stereocenters. The van der Waals surface area contributed by atoms with Crippen LogP contribution in [-0.2, 0) is 20.9 Å². The van der Waals surface area contributed by atoms with Gasteiger partial charge in [-0.2, -0.15) is 0 Å². The first-order valence-corrected chi connectivity index (χ1v) is 11.9. The molecule has 0 spiro atoms. The van der Waals surface area contributed by atoms with Crippen molar-refractivity contribution in [1.29, 1.82) is 0 Å². The predicted molar refractivity (Wildman–Crippen MR) is 130 cm³/mol. The van der Waals surface area contributed by atoms with E-state index in [2.05, 4.69) is 16.3 Å². The fraction of sp³-hybridized carbons (Fsp3) is 0.520. The molecule has 2 aliphatic rings. The zero-order valence-corrected chi connectivity index (χ0v) is 20.2. The summed E-state index contributed by atoms with van der Waals surface area (Å²) in [4.78, 5) is 18.5. The van der Waals surface area contributed by atoms with Crippen LogP contribution in [-0.4, -0.2) is 70.9 Å². The Morgan fingerprint density at radius 1 is 1.14 bits per heavy atom. The Hall–Kier alpha value is -3.08. The van der Waals surface area contributed by atoms with Gasteiger partial charge in [-0.3, -0.25) is 0 Å². The Bertz CT molecular complexity index is 972. The molecule has 0 aromatic heterocycles. The molecule has 2 heterocycles. The molecule has 10 nitrogen and oxygen atoms in total. The van der Waals surface area contributed by atoms with Gasteiger partial charge in [0.1, 0.15) is 24.2 Å². The van der Waals surface area contributed by atoms with Gasteiger partial charge in [0, 0.05) is 39.3 Å². The maximum Gasteiger partial charge on any atom is 0.294 e. The molecular formula is C25H33N3O7. The minimum Gasteiger partial charge on any atom is -0.497 e. The standard InChI is InChI=1S/C25H33N3O7/c1-31-12-3-10-27-11-13-33-22-9-4-18(14-21(22)27)17-34-23-15-26-16-24(35-28(29)30)25(23)19-5-7-20(32-2)8-6-19/h4-9,14,23-26H,3,10-13,15-17H2,1-2H3/t23-,24+,25+/m0/s1. The summed E-state index contributed by atoms with van der Waals surface area (Å²) >= 11 is 0. The van der Waals surface area contributed by atoms with Crippen molar-refractivity contribution >= 4 is 5.69 Å². The summed E-state index contributed by atoms with van der Waals surface area (Å²) in [7, 11) is 3.32. The number of benzene rings is 2. The molecule has 190 valence electrons. The average Bonchev–Trinajstić information content (AvgIpc) is 2.87. The van der Waals surface area contributed by atoms with E-state index < -0.39 is 11.2 Å². The lowest BCUT2D eigenvalue weighted by Crippen LogP contribution is -2.51. The predicted octanol–water partition coefficient (Wildman–Crippen LogP) is 2.78. The Balaban J connectivity index is 1.49. The number of ether oxygens (including phenoxy) is 4. The lowest BCUT2D eigenvalue weighted by molar-refractivity contribution is -0.769. The van der Waals surface area contributed by atoms with Gasteiger partial charge in [-0.05, 0) is 41.8 Å². The van der Waals surface area contributed by atoms with Crippen molar-refractivity contribution in [3.8, 4) is 11.5 Å². The number of piperidine rings is 1. The first-order chi connectivity index (χ1) is 17.1. The van der Waals surface area contributed by atoms with E-state index in [-0.39, 0.29) is 12.0 Å². The van der Waals surface area contributed by atoms with Gasteiger partial charge in [0.15, 0.2) is 0 Å². The summed E-state index contributed by atoms with van der Waals surface area (Å²) in [5, 5.41) is 13.6. The molecule has 2 aliphatic heterocycles. The number of anilines is 1. The normalized spacial score (nSPS) is 21.7. The molecule has 0 aliphatic carbocycles. The zero-order valence-electron chi connectivity index (χ0n) is 20.2. The number of hydrogen-bond acceptors (Lipinski definition) is 9. The van der Waals surface area contributed by atoms with Gasteiger partial charge in [-0.25, -0.2) is 0 Å². The van der Waals surface area contributed by atoms with E-state index in [1.165, 1.54) is 0 Å². The quantitative estimate of drug-likeness (QED) is 0.291. The summed E-state index contributed by atoms with van der Waals surface area (Å²) in [5.41, 5.74) is 2.97. The van der Waals surface area contributed by atoms with Crippen molar-refractivity contribution in [2.24, 2.45) is 0 Å². The second kappa shape index (κ2) is 12.1. The lowest BCUT2D eigenvalue weighted by atomic mass is 9.85. The molecule has 10 heteroatoms. The van der Waals surface area contributed by atoms with E-state index in [1.54, 1.807) is 14.2 Å². The SMILES string of the molecule is COCCCN1CCOc2ccc(CO[C@H]3CNC[C@@H](O[N+](=O)[O-])[C@@H]3c3ccc(OC)cc3)cc21. The first-order valence-electron chi connectivity index (χ1n) is 11.9. The van der Waals surface area contributed by atoms with Crippen molar-refractivity contribution in [2.75, 3.05) is 58.5 Å². The van der Waals surface area contributed by atoms with Gasteiger partial charge in [0.25, 0.3) is 5.09 Å². The molecule has 1 saturated heterocycles. The van der Waals surface area contributed by atoms with Crippen molar-refractivity contribution in [3.63, 3.8) is 0 Å². The number of methoxy groups -OCH3 is 2. The second-order valence-electron chi connectivity index (χ2n) is 8.66. The monoisotopic (exact) mass is 487 g/mol. The number of rotatable bonds is 11. The van der Waals surface area contributed by atoms with Crippen molar-refractivity contribution < 1.29 is 28.9 Å². The number of nitrogens with zero attached hydrogens (tertiary/aromatic N) is 2. The molecule has 0 radical (unpaired) electrons. The molecule has 35 heavy (non-hydrogen) atoms. The molecule has 4 rings (SSSR count). The smallest absolute Gasteiger partial charge is 0.294 e. The average molecular weight is 488 g/mol. The van der Waals surface area contributed by atoms with Gasteiger partial charge in [0.05, 0.1) is 32.1 Å². The van der Waals surface area contributed by atoms with E-state index in [1.807, 2.05) is 36.4 Å². The van der Waals surface area contributed by atoms with Crippen molar-refractivity contribution in [3.05, 3.63) is 63.7 Å². The third kappa shape index (κ3) is 6.33. The van der Waals surface area contributed by atoms with Gasteiger partial charge < -0.3 is 34.0 Å². The van der Waals surface area contributed by atoms with Gasteiger partial charge in [0.2, 0.25) is 0 Å². The third-order valence-electron chi connectivity index (χ3n) is 6.44. The van der Waals surface area contributed by atoms with Crippen molar-refractivity contribution in [1.82, 2.24) is 5.32 Å². The van der Waals surface area contributed by atoms with Crippen LogP contribution < -0.4 is 19.7 Å². The minimum atomic E-state index is -0.729. The Morgan fingerprint density at radius 3 is 2.69 bits per heavy atom. The number of fused-ring (bicyclic) bond motifs is 1. The molecule has 0 bridgehead atoms. The molecular weight excluding hydrogens is 454 g/mol. The lowest BCUT2D eigenvalue weighted by Gasteiger charge is -2.37. The maximum atomic E-state index is 11.2. The van der Waals surface area contributed by atoms with Crippen LogP contribution in [0.5, 0.6) is 11.5 Å². The summed E-state index contributed by atoms with van der Waals surface area (Å²) < 4.78 is 22.7. The minimum absolute atomic E-state index is 0.306. The van der Waals surface area contributed by atoms with Crippen LogP contribution in [0.25, 0.3) is 0 Å². The van der Waals surface area contributed by atoms with E-state index >= 15 is 0 Å². The molecule has 2 aromatic carbocycles. The van der Waals surface area contributed by atoms with E-state index in [0.717, 1.165) is 47.8 Å². The van der Waals surface area contributed by atoms with E-state index in [9.17, 15) is 10.1 Å². The Morgan fingerprint density at radius 2 is 1.94 bits per heavy atom. The maximum absolute atomic E-state index is 11.2. The molecule has 1 N–H and O–H groups in total. The summed E-state index contributed by atoms with van der Waals surface area (Å²) in [6, 6.07) is 13.6. The fourth-order valence-electron chi connectivity index (χ4n) is 4.74. The molecule has 1 fully saturated rings. The number of nitrogens with one attached hydrogen (secondary N) is 1. The number of hydrogen-bond donors (Lipinski definition) is 1. The molecule has 0 saturated carbocycles. The second-order valence-corrected chi connectivity index (χ2v) is 8.66. The summed E-state index contributed by atoms with van der Waals surface area (Å²) in [5.74, 6) is 1.28. The Labute approximate surface area is 205 Å².